The summed E-state index contributed by atoms with van der Waals surface area (Å²) in [5, 5.41) is 2.90. The first-order valence-corrected chi connectivity index (χ1v) is 9.68. The number of hydrogen-bond donors (Lipinski definition) is 1. The van der Waals surface area contributed by atoms with Gasteiger partial charge in [-0.1, -0.05) is 6.92 Å². The first-order valence-electron chi connectivity index (χ1n) is 8.07. The van der Waals surface area contributed by atoms with E-state index in [0.29, 0.717) is 29.5 Å². The Morgan fingerprint density at radius 2 is 1.81 bits per heavy atom. The van der Waals surface area contributed by atoms with Gasteiger partial charge >= 0.3 is 0 Å². The first kappa shape index (κ1) is 20.5. The number of hydrogen-bond acceptors (Lipinski definition) is 6. The predicted octanol–water partition coefficient (Wildman–Crippen LogP) is 4.00. The van der Waals surface area contributed by atoms with E-state index in [-0.39, 0.29) is 5.91 Å². The van der Waals surface area contributed by atoms with E-state index in [4.69, 9.17) is 14.2 Å². The van der Waals surface area contributed by atoms with Crippen molar-refractivity contribution in [1.82, 2.24) is 4.90 Å². The highest BCUT2D eigenvalue weighted by molar-refractivity contribution is 9.11. The molecule has 142 valence electrons. The lowest BCUT2D eigenvalue weighted by atomic mass is 10.2. The molecule has 0 spiro atoms. The fourth-order valence-corrected chi connectivity index (χ4v) is 4.02. The molecule has 1 aromatic carbocycles. The van der Waals surface area contributed by atoms with E-state index in [9.17, 15) is 4.79 Å². The molecule has 6 nitrogen and oxygen atoms in total. The Hall–Kier alpha value is -1.77. The summed E-state index contributed by atoms with van der Waals surface area (Å²) in [6.45, 7) is 3.84. The lowest BCUT2D eigenvalue weighted by Crippen LogP contribution is -2.32. The van der Waals surface area contributed by atoms with Crippen LogP contribution in [-0.4, -0.2) is 45.2 Å². The maximum atomic E-state index is 12.5. The molecule has 8 heteroatoms. The highest BCUT2D eigenvalue weighted by Gasteiger charge is 2.16. The van der Waals surface area contributed by atoms with Gasteiger partial charge < -0.3 is 19.5 Å². The van der Waals surface area contributed by atoms with E-state index in [0.717, 1.165) is 16.9 Å². The summed E-state index contributed by atoms with van der Waals surface area (Å²) in [5.41, 5.74) is 0.597. The van der Waals surface area contributed by atoms with Gasteiger partial charge in [-0.05, 0) is 34.6 Å². The Balaban J connectivity index is 2.06. The van der Waals surface area contributed by atoms with Crippen molar-refractivity contribution in [3.8, 4) is 17.2 Å². The average Bonchev–Trinajstić information content (AvgIpc) is 3.04. The van der Waals surface area contributed by atoms with Crippen molar-refractivity contribution >= 4 is 38.9 Å². The highest BCUT2D eigenvalue weighted by atomic mass is 79.9. The normalized spacial score (nSPS) is 10.7. The molecule has 1 N–H and O–H groups in total. The molecule has 0 atom stereocenters. The molecule has 0 unspecified atom stereocenters. The number of carbonyl (C=O) groups is 1. The zero-order chi connectivity index (χ0) is 19.1. The summed E-state index contributed by atoms with van der Waals surface area (Å²) in [7, 11) is 4.63. The number of carbonyl (C=O) groups excluding carboxylic acids is 1. The van der Waals surface area contributed by atoms with Crippen molar-refractivity contribution in [3.05, 3.63) is 32.9 Å². The summed E-state index contributed by atoms with van der Waals surface area (Å²) in [6, 6.07) is 7.51. The maximum Gasteiger partial charge on any atom is 0.238 e. The minimum atomic E-state index is -0.100. The lowest BCUT2D eigenvalue weighted by Gasteiger charge is -2.19. The fourth-order valence-electron chi connectivity index (χ4n) is 2.49. The molecule has 1 aromatic heterocycles. The number of amides is 1. The van der Waals surface area contributed by atoms with Crippen LogP contribution < -0.4 is 19.5 Å². The average molecular weight is 443 g/mol. The second-order valence-corrected chi connectivity index (χ2v) is 8.02. The van der Waals surface area contributed by atoms with Crippen LogP contribution in [0.5, 0.6) is 17.2 Å². The van der Waals surface area contributed by atoms with Crippen molar-refractivity contribution in [2.24, 2.45) is 0 Å². The van der Waals surface area contributed by atoms with Crippen LogP contribution in [0.15, 0.2) is 28.1 Å². The Morgan fingerprint density at radius 1 is 1.15 bits per heavy atom. The fraction of sp³-hybridized carbons (Fsp3) is 0.389. The van der Waals surface area contributed by atoms with Gasteiger partial charge in [-0.3, -0.25) is 9.69 Å². The summed E-state index contributed by atoms with van der Waals surface area (Å²) >= 11 is 5.14. The minimum Gasteiger partial charge on any atom is -0.493 e. The number of nitrogens with zero attached hydrogens (tertiary/aromatic N) is 1. The van der Waals surface area contributed by atoms with Crippen LogP contribution in [0.2, 0.25) is 0 Å². The summed E-state index contributed by atoms with van der Waals surface area (Å²) in [5.74, 6) is 1.39. The number of nitrogens with one attached hydrogen (secondary N) is 1. The van der Waals surface area contributed by atoms with Crippen LogP contribution in [0.3, 0.4) is 0 Å². The van der Waals surface area contributed by atoms with Crippen LogP contribution in [0.25, 0.3) is 0 Å². The van der Waals surface area contributed by atoms with E-state index in [1.165, 1.54) is 4.88 Å². The Bertz CT molecular complexity index is 726. The number of ether oxygens (including phenoxy) is 3. The molecule has 2 aromatic rings. The van der Waals surface area contributed by atoms with Crippen molar-refractivity contribution in [3.63, 3.8) is 0 Å². The summed E-state index contributed by atoms with van der Waals surface area (Å²) in [6.07, 6.45) is 0. The number of anilines is 1. The second-order valence-electron chi connectivity index (χ2n) is 5.47. The van der Waals surface area contributed by atoms with Gasteiger partial charge in [0.25, 0.3) is 0 Å². The topological polar surface area (TPSA) is 60.0 Å². The molecular formula is C18H23BrN2O4S. The van der Waals surface area contributed by atoms with Gasteiger partial charge in [-0.2, -0.15) is 0 Å². The number of benzene rings is 1. The zero-order valence-corrected chi connectivity index (χ0v) is 17.7. The zero-order valence-electron chi connectivity index (χ0n) is 15.3. The van der Waals surface area contributed by atoms with Gasteiger partial charge in [-0.25, -0.2) is 0 Å². The summed E-state index contributed by atoms with van der Waals surface area (Å²) < 4.78 is 17.0. The van der Waals surface area contributed by atoms with Crippen molar-refractivity contribution < 1.29 is 19.0 Å². The molecule has 0 aliphatic rings. The second kappa shape index (κ2) is 9.80. The van der Waals surface area contributed by atoms with Crippen molar-refractivity contribution in [2.45, 2.75) is 13.5 Å². The minimum absolute atomic E-state index is 0.100. The maximum absolute atomic E-state index is 12.5. The van der Waals surface area contributed by atoms with Crippen LogP contribution in [0.1, 0.15) is 11.8 Å². The summed E-state index contributed by atoms with van der Waals surface area (Å²) in [4.78, 5) is 15.7. The number of thiophene rings is 1. The molecule has 0 bridgehead atoms. The van der Waals surface area contributed by atoms with Crippen LogP contribution >= 0.6 is 27.3 Å². The third-order valence-corrected chi connectivity index (χ3v) is 5.38. The molecule has 1 heterocycles. The first-order chi connectivity index (χ1) is 12.5. The third kappa shape index (κ3) is 5.36. The van der Waals surface area contributed by atoms with Crippen LogP contribution in [0, 0.1) is 0 Å². The van der Waals surface area contributed by atoms with E-state index in [1.807, 2.05) is 13.0 Å². The Morgan fingerprint density at radius 3 is 2.27 bits per heavy atom. The largest absolute Gasteiger partial charge is 0.493 e. The van der Waals surface area contributed by atoms with Gasteiger partial charge in [0.2, 0.25) is 11.7 Å². The molecule has 0 aliphatic heterocycles. The highest BCUT2D eigenvalue weighted by Crippen LogP contribution is 2.39. The van der Waals surface area contributed by atoms with Gasteiger partial charge in [0.1, 0.15) is 0 Å². The molecule has 0 fully saturated rings. The van der Waals surface area contributed by atoms with Gasteiger partial charge in [0.05, 0.1) is 31.7 Å². The smallest absolute Gasteiger partial charge is 0.238 e. The lowest BCUT2D eigenvalue weighted by molar-refractivity contribution is -0.117. The Kier molecular flexibility index (Phi) is 7.74. The van der Waals surface area contributed by atoms with Gasteiger partial charge in [0, 0.05) is 29.2 Å². The monoisotopic (exact) mass is 442 g/mol. The van der Waals surface area contributed by atoms with Crippen molar-refractivity contribution in [1.29, 1.82) is 0 Å². The number of likely N-dealkylation sites (N-methyl/N-ethyl adjacent to an activating group) is 1. The molecule has 2 rings (SSSR count). The van der Waals surface area contributed by atoms with Gasteiger partial charge in [0.15, 0.2) is 11.5 Å². The SMILES string of the molecule is CCN(CC(=O)Nc1cc(OC)c(OC)c(OC)c1)Cc1ccc(Br)s1. The molecule has 0 aliphatic carbocycles. The van der Waals surface area contributed by atoms with E-state index in [1.54, 1.807) is 44.8 Å². The quantitative estimate of drug-likeness (QED) is 0.635. The van der Waals surface area contributed by atoms with Gasteiger partial charge in [-0.15, -0.1) is 11.3 Å². The number of rotatable bonds is 9. The standard InChI is InChI=1S/C18H23BrN2O4S/c1-5-21(10-13-6-7-16(19)26-13)11-17(22)20-12-8-14(23-2)18(25-4)15(9-12)24-3/h6-9H,5,10-11H2,1-4H3,(H,20,22). The Labute approximate surface area is 166 Å². The van der Waals surface area contributed by atoms with E-state index in [2.05, 4.69) is 32.2 Å². The molecule has 0 radical (unpaired) electrons. The molecule has 0 saturated heterocycles. The van der Waals surface area contributed by atoms with Crippen molar-refractivity contribution in [2.75, 3.05) is 39.7 Å². The predicted molar refractivity (Wildman–Crippen MR) is 108 cm³/mol. The van der Waals surface area contributed by atoms with Crippen LogP contribution in [-0.2, 0) is 11.3 Å². The molecule has 1 amide bonds. The molecule has 26 heavy (non-hydrogen) atoms. The number of methoxy groups -OCH3 is 3. The molecular weight excluding hydrogens is 420 g/mol. The van der Waals surface area contributed by atoms with E-state index < -0.39 is 0 Å². The van der Waals surface area contributed by atoms with Crippen LogP contribution in [0.4, 0.5) is 5.69 Å². The number of halogens is 1. The third-order valence-electron chi connectivity index (χ3n) is 3.77. The molecule has 0 saturated carbocycles. The van der Waals surface area contributed by atoms with E-state index >= 15 is 0 Å².